The lowest BCUT2D eigenvalue weighted by Crippen LogP contribution is -2.10. The average molecular weight is 304 g/mol. The number of benzene rings is 2. The first-order valence-electron chi connectivity index (χ1n) is 6.55. The molecule has 1 aliphatic rings. The third-order valence-electron chi connectivity index (χ3n) is 3.85. The minimum absolute atomic E-state index is 0.214. The normalized spacial score (nSPS) is 24.5. The van der Waals surface area contributed by atoms with E-state index in [1.165, 1.54) is 36.4 Å². The van der Waals surface area contributed by atoms with Crippen LogP contribution in [-0.4, -0.2) is 20.0 Å². The predicted molar refractivity (Wildman–Crippen MR) is 76.1 cm³/mol. The van der Waals surface area contributed by atoms with Crippen molar-refractivity contribution in [2.75, 3.05) is 0 Å². The summed E-state index contributed by atoms with van der Waals surface area (Å²) in [5, 5.41) is -0.761. The number of carbonyl (C=O) groups excluding carboxylic acids is 1. The quantitative estimate of drug-likeness (QED) is 0.816. The molecule has 0 spiro atoms. The van der Waals surface area contributed by atoms with Crippen molar-refractivity contribution >= 4 is 16.1 Å². The van der Waals surface area contributed by atoms with Gasteiger partial charge in [-0.1, -0.05) is 30.3 Å². The standard InChI is InChI=1S/C16H13FO3S/c17-12-8-6-11(7-9-12)15-14(10-18)16(15)21(19,20)13-4-2-1-3-5-13/h1-10,14-16H/t14-,15+,16+/m0/s1. The molecule has 2 aromatic rings. The van der Waals surface area contributed by atoms with Crippen LogP contribution in [-0.2, 0) is 14.6 Å². The van der Waals surface area contributed by atoms with E-state index < -0.39 is 26.9 Å². The second-order valence-electron chi connectivity index (χ2n) is 5.11. The molecule has 0 radical (unpaired) electrons. The van der Waals surface area contributed by atoms with Gasteiger partial charge in [-0.2, -0.15) is 0 Å². The third kappa shape index (κ3) is 2.38. The molecule has 3 atom stereocenters. The summed E-state index contributed by atoms with van der Waals surface area (Å²) in [4.78, 5) is 11.4. The molecule has 1 fully saturated rings. The van der Waals surface area contributed by atoms with E-state index in [1.54, 1.807) is 18.2 Å². The van der Waals surface area contributed by atoms with E-state index in [-0.39, 0.29) is 10.7 Å². The molecule has 0 heterocycles. The van der Waals surface area contributed by atoms with Crippen molar-refractivity contribution in [1.29, 1.82) is 0 Å². The summed E-state index contributed by atoms with van der Waals surface area (Å²) in [7, 11) is -3.56. The number of sulfone groups is 1. The molecule has 2 aromatic carbocycles. The maximum absolute atomic E-state index is 13.0. The molecular weight excluding hydrogens is 291 g/mol. The summed E-state index contributed by atoms with van der Waals surface area (Å²) in [5.74, 6) is -1.35. The molecule has 108 valence electrons. The highest BCUT2D eigenvalue weighted by atomic mass is 32.2. The van der Waals surface area contributed by atoms with E-state index in [4.69, 9.17) is 0 Å². The molecule has 0 amide bonds. The highest BCUT2D eigenvalue weighted by molar-refractivity contribution is 7.92. The third-order valence-corrected chi connectivity index (χ3v) is 6.10. The molecule has 5 heteroatoms. The molecule has 0 saturated heterocycles. The van der Waals surface area contributed by atoms with Gasteiger partial charge in [0, 0.05) is 11.8 Å². The van der Waals surface area contributed by atoms with Crippen LogP contribution in [0.4, 0.5) is 4.39 Å². The lowest BCUT2D eigenvalue weighted by Gasteiger charge is -2.03. The molecule has 0 aromatic heterocycles. The molecule has 3 rings (SSSR count). The first-order chi connectivity index (χ1) is 10.1. The largest absolute Gasteiger partial charge is 0.303 e. The Morgan fingerprint density at radius 3 is 2.14 bits per heavy atom. The summed E-state index contributed by atoms with van der Waals surface area (Å²) >= 11 is 0. The second kappa shape index (κ2) is 5.07. The zero-order valence-corrected chi connectivity index (χ0v) is 11.8. The first-order valence-corrected chi connectivity index (χ1v) is 8.10. The lowest BCUT2D eigenvalue weighted by atomic mass is 10.1. The maximum atomic E-state index is 13.0. The molecule has 0 bridgehead atoms. The van der Waals surface area contributed by atoms with Crippen molar-refractivity contribution in [2.45, 2.75) is 16.1 Å². The first kappa shape index (κ1) is 13.9. The van der Waals surface area contributed by atoms with E-state index >= 15 is 0 Å². The second-order valence-corrected chi connectivity index (χ2v) is 7.22. The Morgan fingerprint density at radius 1 is 0.952 bits per heavy atom. The minimum Gasteiger partial charge on any atom is -0.303 e. The van der Waals surface area contributed by atoms with Crippen LogP contribution in [0.3, 0.4) is 0 Å². The number of halogens is 1. The van der Waals surface area contributed by atoms with Crippen LogP contribution >= 0.6 is 0 Å². The molecule has 0 N–H and O–H groups in total. The topological polar surface area (TPSA) is 51.2 Å². The number of hydrogen-bond donors (Lipinski definition) is 0. The fraction of sp³-hybridized carbons (Fsp3) is 0.188. The number of carbonyl (C=O) groups is 1. The van der Waals surface area contributed by atoms with Crippen molar-refractivity contribution in [2.24, 2.45) is 5.92 Å². The highest BCUT2D eigenvalue weighted by Gasteiger charge is 2.58. The Kier molecular flexibility index (Phi) is 3.37. The van der Waals surface area contributed by atoms with Gasteiger partial charge in [-0.15, -0.1) is 0 Å². The van der Waals surface area contributed by atoms with Gasteiger partial charge in [0.25, 0.3) is 0 Å². The number of rotatable bonds is 4. The summed E-state index contributed by atoms with van der Waals surface area (Å²) in [6, 6.07) is 13.7. The minimum atomic E-state index is -3.56. The van der Waals surface area contributed by atoms with Gasteiger partial charge < -0.3 is 4.79 Å². The SMILES string of the molecule is O=C[C@H]1[C@@H](c2ccc(F)cc2)[C@@H]1S(=O)(=O)c1ccccc1. The molecule has 1 saturated carbocycles. The Morgan fingerprint density at radius 2 is 1.57 bits per heavy atom. The summed E-state index contributed by atoms with van der Waals surface area (Å²) in [5.41, 5.74) is 0.679. The van der Waals surface area contributed by atoms with Crippen LogP contribution in [0, 0.1) is 11.7 Å². The molecule has 0 aliphatic heterocycles. The van der Waals surface area contributed by atoms with Crippen molar-refractivity contribution in [3.63, 3.8) is 0 Å². The van der Waals surface area contributed by atoms with Crippen molar-refractivity contribution in [3.05, 3.63) is 66.0 Å². The number of hydrogen-bond acceptors (Lipinski definition) is 3. The average Bonchev–Trinajstić information content (AvgIpc) is 3.24. The molecule has 0 unspecified atom stereocenters. The molecule has 21 heavy (non-hydrogen) atoms. The van der Waals surface area contributed by atoms with E-state index in [0.29, 0.717) is 11.8 Å². The van der Waals surface area contributed by atoms with Crippen LogP contribution in [0.2, 0.25) is 0 Å². The van der Waals surface area contributed by atoms with Gasteiger partial charge in [-0.05, 0) is 29.8 Å². The maximum Gasteiger partial charge on any atom is 0.182 e. The van der Waals surface area contributed by atoms with Gasteiger partial charge in [0.2, 0.25) is 0 Å². The van der Waals surface area contributed by atoms with Gasteiger partial charge in [0.15, 0.2) is 9.84 Å². The molecule has 3 nitrogen and oxygen atoms in total. The zero-order chi connectivity index (χ0) is 15.0. The van der Waals surface area contributed by atoms with Gasteiger partial charge in [0.05, 0.1) is 10.1 Å². The van der Waals surface area contributed by atoms with E-state index in [0.717, 1.165) is 0 Å². The van der Waals surface area contributed by atoms with Crippen LogP contribution in [0.15, 0.2) is 59.5 Å². The van der Waals surface area contributed by atoms with Crippen LogP contribution in [0.25, 0.3) is 0 Å². The van der Waals surface area contributed by atoms with Crippen LogP contribution < -0.4 is 0 Å². The Bertz CT molecular complexity index is 754. The summed E-state index contributed by atoms with van der Waals surface area (Å²) in [6.45, 7) is 0. The van der Waals surface area contributed by atoms with E-state index in [1.807, 2.05) is 0 Å². The van der Waals surface area contributed by atoms with E-state index in [2.05, 4.69) is 0 Å². The highest BCUT2D eigenvalue weighted by Crippen LogP contribution is 2.52. The summed E-state index contributed by atoms with van der Waals surface area (Å²) in [6.07, 6.45) is 0.680. The zero-order valence-electron chi connectivity index (χ0n) is 11.0. The van der Waals surface area contributed by atoms with Crippen molar-refractivity contribution < 1.29 is 17.6 Å². The summed E-state index contributed by atoms with van der Waals surface area (Å²) < 4.78 is 38.1. The van der Waals surface area contributed by atoms with Gasteiger partial charge in [-0.25, -0.2) is 12.8 Å². The number of aldehydes is 1. The lowest BCUT2D eigenvalue weighted by molar-refractivity contribution is -0.108. The molecule has 1 aliphatic carbocycles. The van der Waals surface area contributed by atoms with Crippen LogP contribution in [0.1, 0.15) is 11.5 Å². The van der Waals surface area contributed by atoms with Crippen molar-refractivity contribution in [1.82, 2.24) is 0 Å². The van der Waals surface area contributed by atoms with E-state index in [9.17, 15) is 17.6 Å². The predicted octanol–water partition coefficient (Wildman–Crippen LogP) is 2.58. The van der Waals surface area contributed by atoms with Gasteiger partial charge in [0.1, 0.15) is 12.1 Å². The fourth-order valence-electron chi connectivity index (χ4n) is 2.73. The van der Waals surface area contributed by atoms with Crippen LogP contribution in [0.5, 0.6) is 0 Å². The Labute approximate surface area is 122 Å². The molecular formula is C16H13FO3S. The fourth-order valence-corrected chi connectivity index (χ4v) is 4.86. The Hall–Kier alpha value is -2.01. The van der Waals surface area contributed by atoms with Gasteiger partial charge in [-0.3, -0.25) is 0 Å². The van der Waals surface area contributed by atoms with Crippen molar-refractivity contribution in [3.8, 4) is 0 Å². The van der Waals surface area contributed by atoms with Gasteiger partial charge >= 0.3 is 0 Å². The monoisotopic (exact) mass is 304 g/mol. The smallest absolute Gasteiger partial charge is 0.182 e. The Balaban J connectivity index is 1.96.